The van der Waals surface area contributed by atoms with Crippen molar-refractivity contribution >= 4 is 16.5 Å². The monoisotopic (exact) mass is 319 g/mol. The molecule has 1 aliphatic heterocycles. The van der Waals surface area contributed by atoms with Crippen molar-refractivity contribution in [2.75, 3.05) is 18.0 Å². The number of anilines is 1. The summed E-state index contributed by atoms with van der Waals surface area (Å²) in [5.41, 5.74) is 1.91. The van der Waals surface area contributed by atoms with E-state index in [1.165, 1.54) is 12.1 Å². The lowest BCUT2D eigenvalue weighted by Gasteiger charge is -2.33. The summed E-state index contributed by atoms with van der Waals surface area (Å²) in [5, 5.41) is 6.74. The Balaban J connectivity index is 1.64. The number of hydrogen-bond donors (Lipinski definition) is 1. The first-order chi connectivity index (χ1) is 10.6. The normalized spacial score (nSPS) is 16.5. The number of halogens is 1. The van der Waals surface area contributed by atoms with Crippen LogP contribution in [0.5, 0.6) is 0 Å². The maximum atomic E-state index is 13.0. The van der Waals surface area contributed by atoms with Gasteiger partial charge in [0.15, 0.2) is 5.13 Å². The molecular weight excluding hydrogens is 297 g/mol. The highest BCUT2D eigenvalue weighted by Gasteiger charge is 2.21. The molecule has 0 spiro atoms. The molecule has 1 aromatic heterocycles. The Hall–Kier alpha value is -1.46. The Morgan fingerprint density at radius 2 is 1.91 bits per heavy atom. The van der Waals surface area contributed by atoms with Gasteiger partial charge < -0.3 is 10.2 Å². The van der Waals surface area contributed by atoms with E-state index in [-0.39, 0.29) is 5.82 Å². The topological polar surface area (TPSA) is 28.2 Å². The number of nitrogens with one attached hydrogen (secondary N) is 1. The zero-order valence-corrected chi connectivity index (χ0v) is 13.9. The van der Waals surface area contributed by atoms with E-state index >= 15 is 0 Å². The first kappa shape index (κ1) is 15.4. The van der Waals surface area contributed by atoms with Crippen LogP contribution in [0, 0.1) is 5.82 Å². The molecule has 118 valence electrons. The molecule has 0 atom stereocenters. The molecular formula is C17H22FN3S. The van der Waals surface area contributed by atoms with E-state index in [1.54, 1.807) is 23.5 Å². The van der Waals surface area contributed by atoms with E-state index in [1.807, 2.05) is 0 Å². The van der Waals surface area contributed by atoms with Crippen LogP contribution in [0.3, 0.4) is 0 Å². The van der Waals surface area contributed by atoms with Gasteiger partial charge in [-0.2, -0.15) is 0 Å². The van der Waals surface area contributed by atoms with Crippen LogP contribution in [0.15, 0.2) is 29.6 Å². The highest BCUT2D eigenvalue weighted by atomic mass is 32.1. The highest BCUT2D eigenvalue weighted by molar-refractivity contribution is 7.14. The maximum absolute atomic E-state index is 13.0. The van der Waals surface area contributed by atoms with Gasteiger partial charge in [-0.15, -0.1) is 11.3 Å². The van der Waals surface area contributed by atoms with Gasteiger partial charge in [0.25, 0.3) is 0 Å². The number of piperidine rings is 1. The fraction of sp³-hybridized carbons (Fsp3) is 0.471. The molecule has 0 bridgehead atoms. The SMILES string of the molecule is CC(C)NC1CCN(c2nc(-c3ccc(F)cc3)cs2)CC1. The van der Waals surface area contributed by atoms with Gasteiger partial charge in [-0.3, -0.25) is 0 Å². The molecule has 5 heteroatoms. The number of thiazole rings is 1. The van der Waals surface area contributed by atoms with E-state index in [4.69, 9.17) is 4.98 Å². The van der Waals surface area contributed by atoms with Crippen molar-refractivity contribution in [3.63, 3.8) is 0 Å². The van der Waals surface area contributed by atoms with E-state index in [2.05, 4.69) is 29.4 Å². The van der Waals surface area contributed by atoms with Crippen molar-refractivity contribution in [2.45, 2.75) is 38.8 Å². The highest BCUT2D eigenvalue weighted by Crippen LogP contribution is 2.29. The molecule has 1 fully saturated rings. The zero-order chi connectivity index (χ0) is 15.5. The predicted octanol–water partition coefficient (Wildman–Crippen LogP) is 3.92. The summed E-state index contributed by atoms with van der Waals surface area (Å²) >= 11 is 1.67. The molecule has 1 aliphatic rings. The molecule has 2 heterocycles. The van der Waals surface area contributed by atoms with Gasteiger partial charge in [0.2, 0.25) is 0 Å². The molecule has 0 aliphatic carbocycles. The zero-order valence-electron chi connectivity index (χ0n) is 13.1. The van der Waals surface area contributed by atoms with Crippen LogP contribution in [0.4, 0.5) is 9.52 Å². The van der Waals surface area contributed by atoms with Crippen molar-refractivity contribution in [1.29, 1.82) is 0 Å². The third-order valence-corrected chi connectivity index (χ3v) is 4.87. The van der Waals surface area contributed by atoms with E-state index in [0.29, 0.717) is 12.1 Å². The van der Waals surface area contributed by atoms with Crippen LogP contribution < -0.4 is 10.2 Å². The molecule has 3 rings (SSSR count). The molecule has 2 aromatic rings. The Morgan fingerprint density at radius 3 is 2.55 bits per heavy atom. The number of benzene rings is 1. The summed E-state index contributed by atoms with van der Waals surface area (Å²) < 4.78 is 13.0. The van der Waals surface area contributed by atoms with Gasteiger partial charge in [-0.1, -0.05) is 13.8 Å². The van der Waals surface area contributed by atoms with Crippen molar-refractivity contribution in [3.8, 4) is 11.3 Å². The van der Waals surface area contributed by atoms with Gasteiger partial charge in [-0.05, 0) is 37.1 Å². The number of aromatic nitrogens is 1. The lowest BCUT2D eigenvalue weighted by atomic mass is 10.0. The average Bonchev–Trinajstić information content (AvgIpc) is 2.98. The van der Waals surface area contributed by atoms with Crippen LogP contribution in [0.25, 0.3) is 11.3 Å². The second kappa shape index (κ2) is 6.75. The number of nitrogens with zero attached hydrogens (tertiary/aromatic N) is 2. The second-order valence-electron chi connectivity index (χ2n) is 6.10. The minimum Gasteiger partial charge on any atom is -0.348 e. The van der Waals surface area contributed by atoms with Crippen molar-refractivity contribution < 1.29 is 4.39 Å². The van der Waals surface area contributed by atoms with Crippen molar-refractivity contribution in [1.82, 2.24) is 10.3 Å². The van der Waals surface area contributed by atoms with Crippen LogP contribution in [0.2, 0.25) is 0 Å². The van der Waals surface area contributed by atoms with Gasteiger partial charge in [0.1, 0.15) is 5.82 Å². The summed E-state index contributed by atoms with van der Waals surface area (Å²) in [6.45, 7) is 6.48. The quantitative estimate of drug-likeness (QED) is 0.926. The van der Waals surface area contributed by atoms with Crippen LogP contribution >= 0.6 is 11.3 Å². The summed E-state index contributed by atoms with van der Waals surface area (Å²) in [5.74, 6) is -0.209. The molecule has 1 saturated heterocycles. The Morgan fingerprint density at radius 1 is 1.23 bits per heavy atom. The summed E-state index contributed by atoms with van der Waals surface area (Å²) in [6, 6.07) is 7.70. The van der Waals surface area contributed by atoms with E-state index in [9.17, 15) is 4.39 Å². The van der Waals surface area contributed by atoms with Crippen molar-refractivity contribution in [3.05, 3.63) is 35.5 Å². The van der Waals surface area contributed by atoms with Gasteiger partial charge in [-0.25, -0.2) is 9.37 Å². The minimum atomic E-state index is -0.209. The Kier molecular flexibility index (Phi) is 4.74. The number of hydrogen-bond acceptors (Lipinski definition) is 4. The fourth-order valence-corrected chi connectivity index (χ4v) is 3.76. The van der Waals surface area contributed by atoms with Gasteiger partial charge in [0, 0.05) is 36.1 Å². The maximum Gasteiger partial charge on any atom is 0.185 e. The van der Waals surface area contributed by atoms with Crippen LogP contribution in [-0.4, -0.2) is 30.2 Å². The lowest BCUT2D eigenvalue weighted by molar-refractivity contribution is 0.387. The molecule has 0 radical (unpaired) electrons. The molecule has 1 aromatic carbocycles. The molecule has 0 saturated carbocycles. The fourth-order valence-electron chi connectivity index (χ4n) is 2.87. The third kappa shape index (κ3) is 3.65. The standard InChI is InChI=1S/C17H22FN3S/c1-12(2)19-15-7-9-21(10-8-15)17-20-16(11-22-17)13-3-5-14(18)6-4-13/h3-6,11-12,15,19H,7-10H2,1-2H3. The number of rotatable bonds is 4. The summed E-state index contributed by atoms with van der Waals surface area (Å²) in [4.78, 5) is 7.08. The smallest absolute Gasteiger partial charge is 0.185 e. The summed E-state index contributed by atoms with van der Waals surface area (Å²) in [6.07, 6.45) is 2.31. The molecule has 0 unspecified atom stereocenters. The van der Waals surface area contributed by atoms with Gasteiger partial charge >= 0.3 is 0 Å². The van der Waals surface area contributed by atoms with Gasteiger partial charge in [0.05, 0.1) is 5.69 Å². The summed E-state index contributed by atoms with van der Waals surface area (Å²) in [7, 11) is 0. The lowest BCUT2D eigenvalue weighted by Crippen LogP contribution is -2.44. The predicted molar refractivity (Wildman–Crippen MR) is 91.0 cm³/mol. The van der Waals surface area contributed by atoms with Crippen LogP contribution in [-0.2, 0) is 0 Å². The first-order valence-electron chi connectivity index (χ1n) is 7.84. The average molecular weight is 319 g/mol. The third-order valence-electron chi connectivity index (χ3n) is 3.97. The molecule has 0 amide bonds. The van der Waals surface area contributed by atoms with E-state index in [0.717, 1.165) is 42.3 Å². The largest absolute Gasteiger partial charge is 0.348 e. The van der Waals surface area contributed by atoms with Crippen molar-refractivity contribution in [2.24, 2.45) is 0 Å². The van der Waals surface area contributed by atoms with Crippen LogP contribution in [0.1, 0.15) is 26.7 Å². The Bertz CT molecular complexity index is 601. The second-order valence-corrected chi connectivity index (χ2v) is 6.94. The van der Waals surface area contributed by atoms with E-state index < -0.39 is 0 Å². The molecule has 1 N–H and O–H groups in total. The Labute approximate surface area is 135 Å². The minimum absolute atomic E-state index is 0.209. The molecule has 22 heavy (non-hydrogen) atoms. The molecule has 3 nitrogen and oxygen atoms in total. The first-order valence-corrected chi connectivity index (χ1v) is 8.72.